The molecule has 1 fully saturated rings. The molecule has 1 saturated heterocycles. The van der Waals surface area contributed by atoms with Crippen molar-refractivity contribution in [3.63, 3.8) is 0 Å². The summed E-state index contributed by atoms with van der Waals surface area (Å²) in [6.45, 7) is 6.32. The fourth-order valence-corrected chi connectivity index (χ4v) is 3.45. The van der Waals surface area contributed by atoms with E-state index in [-0.39, 0.29) is 36.8 Å². The number of methoxy groups -OCH3 is 1. The van der Waals surface area contributed by atoms with Crippen molar-refractivity contribution < 1.29 is 9.53 Å². The van der Waals surface area contributed by atoms with E-state index in [0.717, 1.165) is 50.2 Å². The molecule has 0 saturated carbocycles. The van der Waals surface area contributed by atoms with Crippen LogP contribution in [-0.4, -0.2) is 38.7 Å². The molecule has 0 atom stereocenters. The van der Waals surface area contributed by atoms with Gasteiger partial charge in [0.2, 0.25) is 5.91 Å². The lowest BCUT2D eigenvalue weighted by Crippen LogP contribution is -2.51. The molecule has 5 nitrogen and oxygen atoms in total. The van der Waals surface area contributed by atoms with Crippen molar-refractivity contribution in [3.8, 4) is 5.75 Å². The summed E-state index contributed by atoms with van der Waals surface area (Å²) in [6.07, 6.45) is 3.45. The molecule has 1 aromatic carbocycles. The van der Waals surface area contributed by atoms with Gasteiger partial charge in [-0.2, -0.15) is 0 Å². The number of hydrogen-bond acceptors (Lipinski definition) is 4. The number of anilines is 1. The van der Waals surface area contributed by atoms with Crippen molar-refractivity contribution in [2.24, 2.45) is 11.1 Å². The second-order valence-corrected chi connectivity index (χ2v) is 6.60. The van der Waals surface area contributed by atoms with E-state index in [1.54, 1.807) is 7.11 Å². The number of piperidine rings is 1. The van der Waals surface area contributed by atoms with Crippen molar-refractivity contribution in [3.05, 3.63) is 24.3 Å². The van der Waals surface area contributed by atoms with E-state index in [9.17, 15) is 4.79 Å². The van der Waals surface area contributed by atoms with Crippen molar-refractivity contribution in [1.29, 1.82) is 0 Å². The van der Waals surface area contributed by atoms with Crippen LogP contribution < -0.4 is 20.7 Å². The van der Waals surface area contributed by atoms with Gasteiger partial charge in [0, 0.05) is 25.7 Å². The van der Waals surface area contributed by atoms with Gasteiger partial charge in [-0.3, -0.25) is 4.79 Å². The molecule has 7 heteroatoms. The van der Waals surface area contributed by atoms with Crippen molar-refractivity contribution in [2.45, 2.75) is 45.6 Å². The summed E-state index contributed by atoms with van der Waals surface area (Å²) in [5, 5.41) is 3.24. The number of nitrogens with one attached hydrogen (secondary N) is 1. The van der Waals surface area contributed by atoms with Gasteiger partial charge in [0.25, 0.3) is 0 Å². The molecule has 0 spiro atoms. The van der Waals surface area contributed by atoms with Gasteiger partial charge in [-0.05, 0) is 37.8 Å². The van der Waals surface area contributed by atoms with Gasteiger partial charge in [-0.25, -0.2) is 0 Å². The van der Waals surface area contributed by atoms with E-state index in [1.807, 2.05) is 32.0 Å². The van der Waals surface area contributed by atoms with E-state index in [2.05, 4.69) is 16.3 Å². The highest BCUT2D eigenvalue weighted by Crippen LogP contribution is 2.30. The van der Waals surface area contributed by atoms with Crippen LogP contribution >= 0.6 is 24.8 Å². The van der Waals surface area contributed by atoms with Gasteiger partial charge in [-0.15, -0.1) is 24.8 Å². The number of nitrogens with two attached hydrogens (primary N) is 1. The molecule has 2 rings (SSSR count). The second kappa shape index (κ2) is 11.5. The quantitative estimate of drug-likeness (QED) is 0.729. The number of benzene rings is 1. The van der Waals surface area contributed by atoms with Crippen LogP contribution in [-0.2, 0) is 4.79 Å². The molecule has 3 N–H and O–H groups in total. The van der Waals surface area contributed by atoms with Crippen LogP contribution in [0.3, 0.4) is 0 Å². The molecule has 0 radical (unpaired) electrons. The van der Waals surface area contributed by atoms with E-state index < -0.39 is 5.41 Å². The van der Waals surface area contributed by atoms with Crippen LogP contribution in [0.25, 0.3) is 0 Å². The average molecular weight is 406 g/mol. The van der Waals surface area contributed by atoms with Crippen molar-refractivity contribution in [1.82, 2.24) is 5.32 Å². The first-order valence-electron chi connectivity index (χ1n) is 8.99. The molecule has 1 aliphatic heterocycles. The molecular weight excluding hydrogens is 373 g/mol. The summed E-state index contributed by atoms with van der Waals surface area (Å²) in [7, 11) is 1.70. The third kappa shape index (κ3) is 5.41. The fraction of sp³-hybridized carbons (Fsp3) is 0.632. The standard InChI is InChI=1S/C19H31N3O2.2ClH/c1-4-19(5-2,14-20)18(23)21-15-10-12-22(13-11-15)16-8-6-7-9-17(16)24-3;;/h6-9,15H,4-5,10-14,20H2,1-3H3,(H,21,23);2*1H. The molecule has 1 aromatic rings. The monoisotopic (exact) mass is 405 g/mol. The summed E-state index contributed by atoms with van der Waals surface area (Å²) in [6, 6.07) is 8.32. The van der Waals surface area contributed by atoms with Gasteiger partial charge in [0.1, 0.15) is 5.75 Å². The van der Waals surface area contributed by atoms with Gasteiger partial charge in [0.05, 0.1) is 18.2 Å². The van der Waals surface area contributed by atoms with Gasteiger partial charge in [-0.1, -0.05) is 26.0 Å². The summed E-state index contributed by atoms with van der Waals surface area (Å²) in [4.78, 5) is 15.0. The molecule has 150 valence electrons. The predicted octanol–water partition coefficient (Wildman–Crippen LogP) is 3.39. The smallest absolute Gasteiger partial charge is 0.227 e. The molecule has 0 bridgehead atoms. The zero-order valence-electron chi connectivity index (χ0n) is 16.0. The van der Waals surface area contributed by atoms with Crippen LogP contribution in [0.2, 0.25) is 0 Å². The molecule has 0 aromatic heterocycles. The molecule has 1 heterocycles. The van der Waals surface area contributed by atoms with E-state index in [1.165, 1.54) is 0 Å². The first-order valence-corrected chi connectivity index (χ1v) is 8.99. The third-order valence-corrected chi connectivity index (χ3v) is 5.48. The number of hydrogen-bond donors (Lipinski definition) is 2. The van der Waals surface area contributed by atoms with Crippen LogP contribution in [0, 0.1) is 5.41 Å². The number of rotatable bonds is 7. The number of carbonyl (C=O) groups excluding carboxylic acids is 1. The fourth-order valence-electron chi connectivity index (χ4n) is 3.45. The summed E-state index contributed by atoms with van der Waals surface area (Å²) < 4.78 is 5.45. The zero-order chi connectivity index (χ0) is 17.6. The number of amides is 1. The normalized spacial score (nSPS) is 14.8. The van der Waals surface area contributed by atoms with Crippen molar-refractivity contribution >= 4 is 36.4 Å². The molecule has 1 aliphatic rings. The highest BCUT2D eigenvalue weighted by Gasteiger charge is 2.35. The van der Waals surface area contributed by atoms with Crippen LogP contribution in [0.4, 0.5) is 5.69 Å². The lowest BCUT2D eigenvalue weighted by Gasteiger charge is -2.37. The maximum atomic E-state index is 12.7. The van der Waals surface area contributed by atoms with Crippen molar-refractivity contribution in [2.75, 3.05) is 31.6 Å². The summed E-state index contributed by atoms with van der Waals surface area (Å²) in [5.74, 6) is 1.02. The highest BCUT2D eigenvalue weighted by molar-refractivity contribution is 5.85. The van der Waals surface area contributed by atoms with Crippen LogP contribution in [0.1, 0.15) is 39.5 Å². The molecule has 0 unspecified atom stereocenters. The first-order chi connectivity index (χ1) is 11.6. The Labute approximate surface area is 169 Å². The summed E-state index contributed by atoms with van der Waals surface area (Å²) >= 11 is 0. The maximum absolute atomic E-state index is 12.7. The Kier molecular flexibility index (Phi) is 11.0. The summed E-state index contributed by atoms with van der Waals surface area (Å²) in [5.41, 5.74) is 6.59. The SMILES string of the molecule is CCC(CC)(CN)C(=O)NC1CCN(c2ccccc2OC)CC1.Cl.Cl. The van der Waals surface area contributed by atoms with Gasteiger partial charge in [0.15, 0.2) is 0 Å². The molecule has 0 aliphatic carbocycles. The minimum absolute atomic E-state index is 0. The van der Waals surface area contributed by atoms with Crippen LogP contribution in [0.15, 0.2) is 24.3 Å². The van der Waals surface area contributed by atoms with Crippen LogP contribution in [0.5, 0.6) is 5.75 Å². The Balaban J connectivity index is 0.00000312. The Morgan fingerprint density at radius 2 is 1.81 bits per heavy atom. The predicted molar refractivity (Wildman–Crippen MR) is 113 cm³/mol. The van der Waals surface area contributed by atoms with E-state index in [4.69, 9.17) is 10.5 Å². The Hall–Kier alpha value is -1.17. The minimum atomic E-state index is -0.417. The topological polar surface area (TPSA) is 67.6 Å². The number of para-hydroxylation sites is 2. The molecule has 26 heavy (non-hydrogen) atoms. The maximum Gasteiger partial charge on any atom is 0.227 e. The Bertz CT molecular complexity index is 537. The minimum Gasteiger partial charge on any atom is -0.495 e. The van der Waals surface area contributed by atoms with E-state index in [0.29, 0.717) is 6.54 Å². The molecular formula is C19H33Cl2N3O2. The lowest BCUT2D eigenvalue weighted by atomic mass is 9.81. The number of ether oxygens (including phenoxy) is 1. The zero-order valence-corrected chi connectivity index (χ0v) is 17.6. The number of halogens is 2. The van der Waals surface area contributed by atoms with Gasteiger partial charge < -0.3 is 20.7 Å². The number of carbonyl (C=O) groups is 1. The average Bonchev–Trinajstić information content (AvgIpc) is 2.64. The largest absolute Gasteiger partial charge is 0.495 e. The van der Waals surface area contributed by atoms with E-state index >= 15 is 0 Å². The molecule has 1 amide bonds. The first kappa shape index (κ1) is 24.8. The number of nitrogens with zero attached hydrogens (tertiary/aromatic N) is 1. The second-order valence-electron chi connectivity index (χ2n) is 6.60. The Morgan fingerprint density at radius 1 is 1.23 bits per heavy atom. The third-order valence-electron chi connectivity index (χ3n) is 5.48. The highest BCUT2D eigenvalue weighted by atomic mass is 35.5. The van der Waals surface area contributed by atoms with Gasteiger partial charge >= 0.3 is 0 Å². The lowest BCUT2D eigenvalue weighted by molar-refractivity contribution is -0.131. The Morgan fingerprint density at radius 3 is 2.31 bits per heavy atom.